The molecule has 0 saturated carbocycles. The Labute approximate surface area is 342 Å². The van der Waals surface area contributed by atoms with Crippen molar-refractivity contribution in [3.63, 3.8) is 0 Å². The summed E-state index contributed by atoms with van der Waals surface area (Å²) in [7, 11) is 0. The largest absolute Gasteiger partial charge is 0.310 e. The van der Waals surface area contributed by atoms with Gasteiger partial charge in [0.1, 0.15) is 0 Å². The number of benzene rings is 10. The van der Waals surface area contributed by atoms with E-state index < -0.39 is 5.41 Å². The lowest BCUT2D eigenvalue weighted by Crippen LogP contribution is -2.26. The van der Waals surface area contributed by atoms with Crippen LogP contribution in [0.4, 0.5) is 17.1 Å². The van der Waals surface area contributed by atoms with Gasteiger partial charge in [-0.2, -0.15) is 0 Å². The minimum atomic E-state index is -0.504. The third kappa shape index (κ3) is 4.30. The van der Waals surface area contributed by atoms with Crippen LogP contribution in [0.3, 0.4) is 0 Å². The van der Waals surface area contributed by atoms with Crippen LogP contribution in [-0.2, 0) is 5.41 Å². The second kappa shape index (κ2) is 12.2. The third-order valence-corrected chi connectivity index (χ3v) is 13.1. The highest BCUT2D eigenvalue weighted by molar-refractivity contribution is 6.17. The van der Waals surface area contributed by atoms with Crippen LogP contribution in [0.15, 0.2) is 218 Å². The fraction of sp³-hybridized carbons (Fsp3) is 0.0175. The van der Waals surface area contributed by atoms with E-state index in [-0.39, 0.29) is 0 Å². The van der Waals surface area contributed by atoms with Crippen molar-refractivity contribution in [2.24, 2.45) is 0 Å². The average Bonchev–Trinajstić information content (AvgIpc) is 3.92. The SMILES string of the molecule is c1ccc(N(c2ccc3c(c2)c2ccccc2n3-c2ccccc2)c2cc3c(c4ccccc24)-c2c(ccc4ccccc24)C32c3ccccc3-c3ccccc32)cc1. The van der Waals surface area contributed by atoms with Crippen LogP contribution in [0.5, 0.6) is 0 Å². The number of hydrogen-bond acceptors (Lipinski definition) is 1. The van der Waals surface area contributed by atoms with Gasteiger partial charge >= 0.3 is 0 Å². The molecule has 13 rings (SSSR count). The topological polar surface area (TPSA) is 8.17 Å². The highest BCUT2D eigenvalue weighted by Gasteiger charge is 2.52. The minimum absolute atomic E-state index is 0.504. The lowest BCUT2D eigenvalue weighted by Gasteiger charge is -2.33. The maximum absolute atomic E-state index is 2.55. The van der Waals surface area contributed by atoms with Crippen LogP contribution in [0, 0.1) is 0 Å². The minimum Gasteiger partial charge on any atom is -0.310 e. The molecule has 0 bridgehead atoms. The average molecular weight is 749 g/mol. The molecule has 0 aliphatic heterocycles. The van der Waals surface area contributed by atoms with E-state index >= 15 is 0 Å². The van der Waals surface area contributed by atoms with Gasteiger partial charge in [-0.25, -0.2) is 0 Å². The highest BCUT2D eigenvalue weighted by Crippen LogP contribution is 2.65. The summed E-state index contributed by atoms with van der Waals surface area (Å²) < 4.78 is 2.40. The van der Waals surface area contributed by atoms with E-state index in [9.17, 15) is 0 Å². The zero-order valence-corrected chi connectivity index (χ0v) is 32.2. The van der Waals surface area contributed by atoms with Gasteiger partial charge in [0.15, 0.2) is 0 Å². The molecule has 10 aromatic carbocycles. The predicted molar refractivity (Wildman–Crippen MR) is 247 cm³/mol. The first-order valence-corrected chi connectivity index (χ1v) is 20.5. The van der Waals surface area contributed by atoms with Gasteiger partial charge in [0.2, 0.25) is 0 Å². The number of aromatic nitrogens is 1. The molecule has 0 unspecified atom stereocenters. The summed E-state index contributed by atoms with van der Waals surface area (Å²) in [6, 6.07) is 81.1. The second-order valence-electron chi connectivity index (χ2n) is 16.0. The summed E-state index contributed by atoms with van der Waals surface area (Å²) in [5, 5.41) is 7.50. The molecule has 0 atom stereocenters. The van der Waals surface area contributed by atoms with Crippen molar-refractivity contribution < 1.29 is 0 Å². The summed E-state index contributed by atoms with van der Waals surface area (Å²) in [5.74, 6) is 0. The first-order valence-electron chi connectivity index (χ1n) is 20.5. The van der Waals surface area contributed by atoms with Gasteiger partial charge in [0.25, 0.3) is 0 Å². The van der Waals surface area contributed by atoms with Crippen molar-refractivity contribution in [3.8, 4) is 27.9 Å². The molecule has 2 aliphatic rings. The van der Waals surface area contributed by atoms with Gasteiger partial charge in [-0.3, -0.25) is 0 Å². The molecule has 0 fully saturated rings. The molecule has 0 saturated heterocycles. The molecule has 1 heterocycles. The zero-order valence-electron chi connectivity index (χ0n) is 32.2. The molecular weight excluding hydrogens is 713 g/mol. The Hall–Kier alpha value is -7.68. The standard InChI is InChI=1S/C57H36N2/c1-3-18-38(19-4-1)58(40-32-34-53-47(35-40)45-26-13-16-30-52(45)59(53)39-20-5-2-6-21-39)54-36-51-56(46-27-10-9-25-44(46)54)55-41-22-8-7-17-37(41)31-33-50(55)57(51)48-28-14-11-23-42(48)43-24-12-15-29-49(43)57/h1-36H. The smallest absolute Gasteiger partial charge is 0.0726 e. The van der Waals surface area contributed by atoms with E-state index in [1.54, 1.807) is 0 Å². The Kier molecular flexibility index (Phi) is 6.68. The lowest BCUT2D eigenvalue weighted by molar-refractivity contribution is 0.795. The Morgan fingerprint density at radius 3 is 1.68 bits per heavy atom. The zero-order chi connectivity index (χ0) is 38.7. The number of nitrogens with zero attached hydrogens (tertiary/aromatic N) is 2. The summed E-state index contributed by atoms with van der Waals surface area (Å²) in [5.41, 5.74) is 17.1. The molecule has 1 spiro atoms. The van der Waals surface area contributed by atoms with E-state index in [1.807, 2.05) is 0 Å². The van der Waals surface area contributed by atoms with Crippen molar-refractivity contribution >= 4 is 60.4 Å². The highest BCUT2D eigenvalue weighted by atomic mass is 15.1. The van der Waals surface area contributed by atoms with E-state index in [0.717, 1.165) is 22.7 Å². The maximum Gasteiger partial charge on any atom is 0.0726 e. The van der Waals surface area contributed by atoms with Crippen molar-refractivity contribution in [2.45, 2.75) is 5.41 Å². The van der Waals surface area contributed by atoms with E-state index in [1.165, 1.54) is 87.9 Å². The van der Waals surface area contributed by atoms with Gasteiger partial charge in [-0.15, -0.1) is 0 Å². The fourth-order valence-electron chi connectivity index (χ4n) is 10.9. The van der Waals surface area contributed by atoms with E-state index in [4.69, 9.17) is 0 Å². The Morgan fingerprint density at radius 2 is 0.915 bits per heavy atom. The number of rotatable bonds is 4. The predicted octanol–water partition coefficient (Wildman–Crippen LogP) is 14.9. The van der Waals surface area contributed by atoms with Crippen molar-refractivity contribution in [1.29, 1.82) is 0 Å². The van der Waals surface area contributed by atoms with Crippen LogP contribution in [0.2, 0.25) is 0 Å². The van der Waals surface area contributed by atoms with Crippen LogP contribution in [0.1, 0.15) is 22.3 Å². The summed E-state index contributed by atoms with van der Waals surface area (Å²) in [6.45, 7) is 0. The maximum atomic E-state index is 2.55. The van der Waals surface area contributed by atoms with Crippen LogP contribution in [-0.4, -0.2) is 4.57 Å². The molecule has 2 aliphatic carbocycles. The van der Waals surface area contributed by atoms with Crippen molar-refractivity contribution in [1.82, 2.24) is 4.57 Å². The van der Waals surface area contributed by atoms with Crippen molar-refractivity contribution in [3.05, 3.63) is 241 Å². The molecule has 11 aromatic rings. The Balaban J connectivity index is 1.16. The van der Waals surface area contributed by atoms with E-state index in [2.05, 4.69) is 228 Å². The molecule has 0 radical (unpaired) electrons. The van der Waals surface area contributed by atoms with Gasteiger partial charge in [0.05, 0.1) is 22.1 Å². The van der Waals surface area contributed by atoms with E-state index in [0.29, 0.717) is 0 Å². The summed E-state index contributed by atoms with van der Waals surface area (Å²) in [4.78, 5) is 2.50. The fourth-order valence-corrected chi connectivity index (χ4v) is 10.9. The van der Waals surface area contributed by atoms with Gasteiger partial charge < -0.3 is 9.47 Å². The second-order valence-corrected chi connectivity index (χ2v) is 16.0. The quantitative estimate of drug-likeness (QED) is 0.174. The first kappa shape index (κ1) is 32.4. The first-order chi connectivity index (χ1) is 29.3. The monoisotopic (exact) mass is 748 g/mol. The Bertz CT molecular complexity index is 3460. The number of anilines is 3. The van der Waals surface area contributed by atoms with Gasteiger partial charge in [-0.05, 0) is 115 Å². The summed E-state index contributed by atoms with van der Waals surface area (Å²) in [6.07, 6.45) is 0. The molecule has 2 nitrogen and oxygen atoms in total. The number of para-hydroxylation sites is 3. The molecule has 1 aromatic heterocycles. The number of hydrogen-bond donors (Lipinski definition) is 0. The molecule has 274 valence electrons. The van der Waals surface area contributed by atoms with Crippen molar-refractivity contribution in [2.75, 3.05) is 4.90 Å². The Morgan fingerprint density at radius 1 is 0.339 bits per heavy atom. The van der Waals surface area contributed by atoms with Crippen LogP contribution in [0.25, 0.3) is 71.3 Å². The molecule has 0 amide bonds. The summed E-state index contributed by atoms with van der Waals surface area (Å²) >= 11 is 0. The molecular formula is C57H36N2. The molecule has 0 N–H and O–H groups in total. The number of fused-ring (bicyclic) bond motifs is 17. The van der Waals surface area contributed by atoms with Gasteiger partial charge in [0, 0.05) is 33.2 Å². The van der Waals surface area contributed by atoms with Gasteiger partial charge in [-0.1, -0.05) is 164 Å². The van der Waals surface area contributed by atoms with Crippen LogP contribution >= 0.6 is 0 Å². The third-order valence-electron chi connectivity index (χ3n) is 13.1. The molecule has 2 heteroatoms. The van der Waals surface area contributed by atoms with Crippen LogP contribution < -0.4 is 4.90 Å². The normalized spacial score (nSPS) is 13.2. The lowest BCUT2D eigenvalue weighted by atomic mass is 9.70. The molecule has 59 heavy (non-hydrogen) atoms.